The minimum absolute atomic E-state index is 0.349. The predicted molar refractivity (Wildman–Crippen MR) is 81.6 cm³/mol. The largest absolute Gasteiger partial charge is 0.573 e. The van der Waals surface area contributed by atoms with E-state index >= 15 is 0 Å². The van der Waals surface area contributed by atoms with Crippen molar-refractivity contribution in [2.24, 2.45) is 0 Å². The van der Waals surface area contributed by atoms with Crippen LogP contribution in [0.5, 0.6) is 5.75 Å². The zero-order chi connectivity index (χ0) is 16.9. The van der Waals surface area contributed by atoms with Gasteiger partial charge in [0.2, 0.25) is 0 Å². The Hall–Kier alpha value is -2.70. The quantitative estimate of drug-likeness (QED) is 0.849. The molecule has 0 aliphatic rings. The average Bonchev–Trinajstić information content (AvgIpc) is 2.48. The number of hydrogen-bond donors (Lipinski definition) is 2. The number of carbonyl (C=O) groups is 1. The summed E-state index contributed by atoms with van der Waals surface area (Å²) in [5.41, 5.74) is 2.12. The van der Waals surface area contributed by atoms with Crippen molar-refractivity contribution in [1.29, 1.82) is 0 Å². The zero-order valence-electron chi connectivity index (χ0n) is 12.3. The summed E-state index contributed by atoms with van der Waals surface area (Å²) in [5.74, 6) is -0.349. The van der Waals surface area contributed by atoms with Crippen molar-refractivity contribution in [1.82, 2.24) is 0 Å². The number of amides is 2. The van der Waals surface area contributed by atoms with Gasteiger partial charge in [0.05, 0.1) is 0 Å². The molecule has 122 valence electrons. The standard InChI is InChI=1S/C16H15F3N2O2/c1-2-11-3-5-12(6-4-11)20-15(22)21-13-7-9-14(10-8-13)23-16(17,18)19/h3-10H,2H2,1H3,(H2,20,21,22). The van der Waals surface area contributed by atoms with Crippen molar-refractivity contribution in [3.05, 3.63) is 54.1 Å². The second-order valence-corrected chi connectivity index (χ2v) is 4.70. The van der Waals surface area contributed by atoms with Gasteiger partial charge in [-0.2, -0.15) is 0 Å². The maximum absolute atomic E-state index is 12.0. The molecule has 0 fully saturated rings. The van der Waals surface area contributed by atoms with E-state index in [0.29, 0.717) is 11.4 Å². The number of ether oxygens (including phenoxy) is 1. The molecule has 0 saturated carbocycles. The highest BCUT2D eigenvalue weighted by molar-refractivity contribution is 5.99. The van der Waals surface area contributed by atoms with Crippen LogP contribution in [0.25, 0.3) is 0 Å². The van der Waals surface area contributed by atoms with Crippen LogP contribution in [-0.2, 0) is 6.42 Å². The number of hydrogen-bond acceptors (Lipinski definition) is 2. The summed E-state index contributed by atoms with van der Waals surface area (Å²) >= 11 is 0. The summed E-state index contributed by atoms with van der Waals surface area (Å²) in [4.78, 5) is 11.8. The summed E-state index contributed by atoms with van der Waals surface area (Å²) < 4.78 is 39.9. The van der Waals surface area contributed by atoms with E-state index in [-0.39, 0.29) is 5.75 Å². The fraction of sp³-hybridized carbons (Fsp3) is 0.188. The molecule has 0 aliphatic heterocycles. The lowest BCUT2D eigenvalue weighted by Crippen LogP contribution is -2.19. The second-order valence-electron chi connectivity index (χ2n) is 4.70. The number of rotatable bonds is 4. The second kappa shape index (κ2) is 7.04. The van der Waals surface area contributed by atoms with E-state index in [2.05, 4.69) is 15.4 Å². The van der Waals surface area contributed by atoms with Gasteiger partial charge >= 0.3 is 12.4 Å². The topological polar surface area (TPSA) is 50.4 Å². The molecule has 7 heteroatoms. The molecule has 0 aliphatic carbocycles. The van der Waals surface area contributed by atoms with Crippen molar-refractivity contribution in [3.8, 4) is 5.75 Å². The smallest absolute Gasteiger partial charge is 0.406 e. The van der Waals surface area contributed by atoms with Gasteiger partial charge < -0.3 is 15.4 Å². The minimum Gasteiger partial charge on any atom is -0.406 e. The Kier molecular flexibility index (Phi) is 5.10. The van der Waals surface area contributed by atoms with E-state index in [1.165, 1.54) is 12.1 Å². The number of aryl methyl sites for hydroxylation is 1. The number of alkyl halides is 3. The first-order valence-corrected chi connectivity index (χ1v) is 6.88. The molecule has 0 saturated heterocycles. The van der Waals surface area contributed by atoms with Crippen LogP contribution in [0.2, 0.25) is 0 Å². The highest BCUT2D eigenvalue weighted by Crippen LogP contribution is 2.24. The van der Waals surface area contributed by atoms with Crippen molar-refractivity contribution in [2.75, 3.05) is 10.6 Å². The lowest BCUT2D eigenvalue weighted by molar-refractivity contribution is -0.274. The molecule has 0 bridgehead atoms. The Morgan fingerprint density at radius 1 is 0.957 bits per heavy atom. The normalized spacial score (nSPS) is 11.0. The summed E-state index contributed by atoms with van der Waals surface area (Å²) in [5, 5.41) is 5.16. The monoisotopic (exact) mass is 324 g/mol. The molecule has 0 aromatic heterocycles. The Morgan fingerprint density at radius 2 is 1.43 bits per heavy atom. The molecule has 23 heavy (non-hydrogen) atoms. The lowest BCUT2D eigenvalue weighted by Gasteiger charge is -2.10. The fourth-order valence-corrected chi connectivity index (χ4v) is 1.86. The van der Waals surface area contributed by atoms with Crippen LogP contribution in [-0.4, -0.2) is 12.4 Å². The molecular formula is C16H15F3N2O2. The van der Waals surface area contributed by atoms with Gasteiger partial charge in [-0.15, -0.1) is 13.2 Å². The predicted octanol–water partition coefficient (Wildman–Crippen LogP) is 4.79. The first-order chi connectivity index (χ1) is 10.9. The third-order valence-corrected chi connectivity index (χ3v) is 2.97. The molecule has 2 aromatic carbocycles. The van der Waals surface area contributed by atoms with E-state index in [1.807, 2.05) is 19.1 Å². The van der Waals surface area contributed by atoms with E-state index in [9.17, 15) is 18.0 Å². The van der Waals surface area contributed by atoms with Crippen LogP contribution < -0.4 is 15.4 Å². The van der Waals surface area contributed by atoms with Gasteiger partial charge in [-0.1, -0.05) is 19.1 Å². The van der Waals surface area contributed by atoms with Crippen molar-refractivity contribution in [2.45, 2.75) is 19.7 Å². The van der Waals surface area contributed by atoms with Crippen LogP contribution in [0.4, 0.5) is 29.3 Å². The number of benzene rings is 2. The van der Waals surface area contributed by atoms with Gasteiger partial charge in [0.15, 0.2) is 0 Å². The van der Waals surface area contributed by atoms with Gasteiger partial charge in [0.1, 0.15) is 5.75 Å². The molecule has 2 N–H and O–H groups in total. The molecule has 0 radical (unpaired) electrons. The van der Waals surface area contributed by atoms with Crippen molar-refractivity contribution in [3.63, 3.8) is 0 Å². The summed E-state index contributed by atoms with van der Waals surface area (Å²) in [6, 6.07) is 11.8. The summed E-state index contributed by atoms with van der Waals surface area (Å²) in [7, 11) is 0. The van der Waals surface area contributed by atoms with Crippen LogP contribution in [0.15, 0.2) is 48.5 Å². The first-order valence-electron chi connectivity index (χ1n) is 6.88. The number of anilines is 2. The van der Waals surface area contributed by atoms with E-state index in [1.54, 1.807) is 12.1 Å². The Labute approximate surface area is 131 Å². The maximum Gasteiger partial charge on any atom is 0.573 e. The Morgan fingerprint density at radius 3 is 1.87 bits per heavy atom. The van der Waals surface area contributed by atoms with Crippen LogP contribution in [0, 0.1) is 0 Å². The van der Waals surface area contributed by atoms with Gasteiger partial charge in [-0.05, 0) is 48.4 Å². The number of halogens is 3. The van der Waals surface area contributed by atoms with E-state index in [0.717, 1.165) is 24.1 Å². The van der Waals surface area contributed by atoms with Crippen molar-refractivity contribution >= 4 is 17.4 Å². The van der Waals surface area contributed by atoms with Crippen LogP contribution in [0.3, 0.4) is 0 Å². The molecule has 0 heterocycles. The van der Waals surface area contributed by atoms with Crippen LogP contribution in [0.1, 0.15) is 12.5 Å². The molecule has 2 amide bonds. The highest BCUT2D eigenvalue weighted by Gasteiger charge is 2.30. The molecule has 2 aromatic rings. The number of carbonyl (C=O) groups excluding carboxylic acids is 1. The first kappa shape index (κ1) is 16.7. The van der Waals surface area contributed by atoms with Gasteiger partial charge in [-0.25, -0.2) is 4.79 Å². The number of urea groups is 1. The van der Waals surface area contributed by atoms with Gasteiger partial charge in [0, 0.05) is 11.4 Å². The molecule has 4 nitrogen and oxygen atoms in total. The third kappa shape index (κ3) is 5.54. The van der Waals surface area contributed by atoms with Gasteiger partial charge in [-0.3, -0.25) is 0 Å². The van der Waals surface area contributed by atoms with Gasteiger partial charge in [0.25, 0.3) is 0 Å². The minimum atomic E-state index is -4.74. The summed E-state index contributed by atoms with van der Waals surface area (Å²) in [6.07, 6.45) is -3.84. The van der Waals surface area contributed by atoms with E-state index < -0.39 is 12.4 Å². The molecular weight excluding hydrogens is 309 g/mol. The SMILES string of the molecule is CCc1ccc(NC(=O)Nc2ccc(OC(F)(F)F)cc2)cc1. The molecule has 0 spiro atoms. The maximum atomic E-state index is 12.0. The average molecular weight is 324 g/mol. The molecule has 0 unspecified atom stereocenters. The zero-order valence-corrected chi connectivity index (χ0v) is 12.3. The van der Waals surface area contributed by atoms with Crippen molar-refractivity contribution < 1.29 is 22.7 Å². The highest BCUT2D eigenvalue weighted by atomic mass is 19.4. The summed E-state index contributed by atoms with van der Waals surface area (Å²) in [6.45, 7) is 2.03. The molecule has 0 atom stereocenters. The lowest BCUT2D eigenvalue weighted by atomic mass is 10.1. The Bertz CT molecular complexity index is 653. The fourth-order valence-electron chi connectivity index (χ4n) is 1.86. The van der Waals surface area contributed by atoms with Crippen LogP contribution >= 0.6 is 0 Å². The number of nitrogens with one attached hydrogen (secondary N) is 2. The van der Waals surface area contributed by atoms with E-state index in [4.69, 9.17) is 0 Å². The Balaban J connectivity index is 1.91. The third-order valence-electron chi connectivity index (χ3n) is 2.97. The molecule has 2 rings (SSSR count).